The van der Waals surface area contributed by atoms with Gasteiger partial charge in [0.25, 0.3) is 0 Å². The van der Waals surface area contributed by atoms with Crippen LogP contribution in [0.5, 0.6) is 0 Å². The lowest BCUT2D eigenvalue weighted by Gasteiger charge is -2.21. The molecule has 0 radical (unpaired) electrons. The third-order valence-corrected chi connectivity index (χ3v) is 7.81. The predicted octanol–water partition coefficient (Wildman–Crippen LogP) is 4.23. The first kappa shape index (κ1) is 12.9. The van der Waals surface area contributed by atoms with Crippen LogP contribution in [0.4, 0.5) is 0 Å². The maximum atomic E-state index is 6.31. The molecule has 4 fully saturated rings. The van der Waals surface area contributed by atoms with Crippen LogP contribution in [0.15, 0.2) is 0 Å². The van der Waals surface area contributed by atoms with Crippen molar-refractivity contribution in [2.45, 2.75) is 64.5 Å². The third kappa shape index (κ3) is 1.89. The topological polar surface area (TPSA) is 9.23 Å². The molecule has 19 heavy (non-hydrogen) atoms. The van der Waals surface area contributed by atoms with Crippen LogP contribution in [-0.4, -0.2) is 15.6 Å². The molecular formula is C17H30OSi. The molecule has 0 aliphatic heterocycles. The SMILES string of the molecule is C[SiH](C)OCC1(C2C3CCCCC32)C2CCCCC21. The molecule has 0 saturated heterocycles. The van der Waals surface area contributed by atoms with Gasteiger partial charge in [-0.3, -0.25) is 0 Å². The molecule has 4 aliphatic rings. The van der Waals surface area contributed by atoms with Crippen LogP contribution in [0.1, 0.15) is 51.4 Å². The van der Waals surface area contributed by atoms with E-state index in [1.807, 2.05) is 0 Å². The number of hydrogen-bond donors (Lipinski definition) is 0. The molecule has 4 aliphatic carbocycles. The summed E-state index contributed by atoms with van der Waals surface area (Å²) in [6.45, 7) is 5.85. The van der Waals surface area contributed by atoms with Gasteiger partial charge < -0.3 is 4.43 Å². The fraction of sp³-hybridized carbons (Fsp3) is 1.00. The van der Waals surface area contributed by atoms with Crippen LogP contribution in [-0.2, 0) is 4.43 Å². The highest BCUT2D eigenvalue weighted by Crippen LogP contribution is 2.78. The van der Waals surface area contributed by atoms with E-state index < -0.39 is 9.04 Å². The van der Waals surface area contributed by atoms with Crippen LogP contribution in [0.25, 0.3) is 0 Å². The first-order valence-electron chi connectivity index (χ1n) is 8.86. The van der Waals surface area contributed by atoms with Gasteiger partial charge in [-0.2, -0.15) is 0 Å². The molecule has 0 aromatic carbocycles. The van der Waals surface area contributed by atoms with E-state index in [9.17, 15) is 0 Å². The average Bonchev–Trinajstić information content (AvgIpc) is 3.28. The zero-order chi connectivity index (χ0) is 13.0. The standard InChI is InChI=1S/C17H30OSi/c1-19(2)18-11-17(14-9-5-6-10-15(14)17)16-12-7-3-4-8-13(12)16/h12-16,19H,3-11H2,1-2H3. The molecular weight excluding hydrogens is 248 g/mol. The summed E-state index contributed by atoms with van der Waals surface area (Å²) in [5.41, 5.74) is 0.688. The molecule has 0 spiro atoms. The number of fused-ring (bicyclic) bond motifs is 2. The molecule has 0 aromatic heterocycles. The van der Waals surface area contributed by atoms with E-state index in [0.717, 1.165) is 36.2 Å². The summed E-state index contributed by atoms with van der Waals surface area (Å²) in [4.78, 5) is 0. The van der Waals surface area contributed by atoms with E-state index in [1.54, 1.807) is 12.8 Å². The minimum Gasteiger partial charge on any atom is -0.420 e. The molecule has 2 heteroatoms. The Hall–Kier alpha value is 0.177. The van der Waals surface area contributed by atoms with Gasteiger partial charge in [-0.25, -0.2) is 0 Å². The van der Waals surface area contributed by atoms with E-state index in [-0.39, 0.29) is 0 Å². The summed E-state index contributed by atoms with van der Waals surface area (Å²) in [5.74, 6) is 5.48. The smallest absolute Gasteiger partial charge is 0.170 e. The molecule has 108 valence electrons. The zero-order valence-electron chi connectivity index (χ0n) is 12.7. The Labute approximate surface area is 120 Å². The minimum atomic E-state index is -0.843. The van der Waals surface area contributed by atoms with E-state index in [1.165, 1.54) is 38.5 Å². The number of hydrogen-bond acceptors (Lipinski definition) is 1. The van der Waals surface area contributed by atoms with E-state index in [0.29, 0.717) is 5.41 Å². The zero-order valence-corrected chi connectivity index (χ0v) is 13.9. The van der Waals surface area contributed by atoms with Crippen molar-refractivity contribution in [3.8, 4) is 0 Å². The van der Waals surface area contributed by atoms with E-state index in [4.69, 9.17) is 4.43 Å². The Morgan fingerprint density at radius 1 is 0.895 bits per heavy atom. The van der Waals surface area contributed by atoms with Gasteiger partial charge in [0.1, 0.15) is 0 Å². The maximum Gasteiger partial charge on any atom is 0.170 e. The van der Waals surface area contributed by atoms with E-state index in [2.05, 4.69) is 13.1 Å². The summed E-state index contributed by atoms with van der Waals surface area (Å²) in [5, 5.41) is 0. The average molecular weight is 279 g/mol. The highest BCUT2D eigenvalue weighted by Gasteiger charge is 2.75. The van der Waals surface area contributed by atoms with Crippen molar-refractivity contribution in [2.75, 3.05) is 6.61 Å². The molecule has 4 unspecified atom stereocenters. The van der Waals surface area contributed by atoms with Crippen LogP contribution in [0.3, 0.4) is 0 Å². The maximum absolute atomic E-state index is 6.31. The van der Waals surface area contributed by atoms with Gasteiger partial charge in [-0.05, 0) is 68.4 Å². The molecule has 0 amide bonds. The van der Waals surface area contributed by atoms with Crippen molar-refractivity contribution >= 4 is 9.04 Å². The van der Waals surface area contributed by atoms with Gasteiger partial charge in [0.05, 0.1) is 0 Å². The molecule has 1 nitrogen and oxygen atoms in total. The van der Waals surface area contributed by atoms with Crippen molar-refractivity contribution in [3.05, 3.63) is 0 Å². The van der Waals surface area contributed by atoms with Gasteiger partial charge in [0.15, 0.2) is 9.04 Å². The quantitative estimate of drug-likeness (QED) is 0.699. The fourth-order valence-electron chi connectivity index (χ4n) is 6.20. The minimum absolute atomic E-state index is 0.688. The summed E-state index contributed by atoms with van der Waals surface area (Å²) in [6.07, 6.45) is 12.2. The summed E-state index contributed by atoms with van der Waals surface area (Å²) in [6, 6.07) is 0. The predicted molar refractivity (Wildman–Crippen MR) is 81.6 cm³/mol. The van der Waals surface area contributed by atoms with Gasteiger partial charge in [0.2, 0.25) is 0 Å². The molecule has 4 saturated carbocycles. The summed E-state index contributed by atoms with van der Waals surface area (Å²) in [7, 11) is -0.843. The van der Waals surface area contributed by atoms with Crippen molar-refractivity contribution in [1.82, 2.24) is 0 Å². The second-order valence-corrected chi connectivity index (χ2v) is 10.5. The van der Waals surface area contributed by atoms with Crippen molar-refractivity contribution in [1.29, 1.82) is 0 Å². The fourth-order valence-corrected chi connectivity index (χ4v) is 6.82. The van der Waals surface area contributed by atoms with Gasteiger partial charge in [-0.1, -0.05) is 25.7 Å². The Kier molecular flexibility index (Phi) is 3.11. The highest BCUT2D eigenvalue weighted by molar-refractivity contribution is 6.48. The van der Waals surface area contributed by atoms with Crippen molar-refractivity contribution in [2.24, 2.45) is 35.0 Å². The van der Waals surface area contributed by atoms with Crippen LogP contribution in [0, 0.1) is 35.0 Å². The summed E-state index contributed by atoms with van der Waals surface area (Å²) >= 11 is 0. The largest absolute Gasteiger partial charge is 0.420 e. The molecule has 4 rings (SSSR count). The van der Waals surface area contributed by atoms with Crippen LogP contribution < -0.4 is 0 Å². The lowest BCUT2D eigenvalue weighted by atomic mass is 9.92. The lowest BCUT2D eigenvalue weighted by molar-refractivity contribution is 0.179. The third-order valence-electron chi connectivity index (χ3n) is 6.98. The Morgan fingerprint density at radius 3 is 1.95 bits per heavy atom. The highest BCUT2D eigenvalue weighted by atomic mass is 28.3. The van der Waals surface area contributed by atoms with Gasteiger partial charge >= 0.3 is 0 Å². The van der Waals surface area contributed by atoms with Crippen LogP contribution in [0.2, 0.25) is 13.1 Å². The molecule has 0 bridgehead atoms. The normalized spacial score (nSPS) is 51.6. The van der Waals surface area contributed by atoms with Crippen molar-refractivity contribution < 1.29 is 4.43 Å². The molecule has 0 N–H and O–H groups in total. The Morgan fingerprint density at radius 2 is 1.42 bits per heavy atom. The second-order valence-electron chi connectivity index (χ2n) is 8.11. The first-order chi connectivity index (χ1) is 9.25. The van der Waals surface area contributed by atoms with Gasteiger partial charge in [0, 0.05) is 12.0 Å². The summed E-state index contributed by atoms with van der Waals surface area (Å²) < 4.78 is 6.31. The van der Waals surface area contributed by atoms with E-state index >= 15 is 0 Å². The van der Waals surface area contributed by atoms with Crippen molar-refractivity contribution in [3.63, 3.8) is 0 Å². The molecule has 0 heterocycles. The number of rotatable bonds is 4. The van der Waals surface area contributed by atoms with Crippen LogP contribution >= 0.6 is 0 Å². The first-order valence-corrected chi connectivity index (χ1v) is 11.6. The molecule has 0 aromatic rings. The Bertz CT molecular complexity index is 329. The molecule has 4 atom stereocenters. The lowest BCUT2D eigenvalue weighted by Crippen LogP contribution is -2.23. The van der Waals surface area contributed by atoms with Gasteiger partial charge in [-0.15, -0.1) is 0 Å². The monoisotopic (exact) mass is 278 g/mol. The Balaban J connectivity index is 1.52. The second kappa shape index (κ2) is 4.59.